The van der Waals surface area contributed by atoms with Crippen molar-refractivity contribution in [2.75, 3.05) is 5.32 Å². The van der Waals surface area contributed by atoms with Crippen molar-refractivity contribution in [3.63, 3.8) is 0 Å². The molecule has 0 atom stereocenters. The van der Waals surface area contributed by atoms with Crippen LogP contribution >= 0.6 is 0 Å². The summed E-state index contributed by atoms with van der Waals surface area (Å²) in [7, 11) is 0. The summed E-state index contributed by atoms with van der Waals surface area (Å²) in [4.78, 5) is 19.4. The van der Waals surface area contributed by atoms with E-state index in [0.29, 0.717) is 18.1 Å². The van der Waals surface area contributed by atoms with Gasteiger partial charge in [0, 0.05) is 18.6 Å². The lowest BCUT2D eigenvalue weighted by molar-refractivity contribution is 0.0698. The van der Waals surface area contributed by atoms with Crippen molar-refractivity contribution in [3.8, 4) is 5.69 Å². The highest BCUT2D eigenvalue weighted by Gasteiger charge is 2.16. The van der Waals surface area contributed by atoms with Gasteiger partial charge in [0.25, 0.3) is 0 Å². The third-order valence-corrected chi connectivity index (χ3v) is 3.02. The first kappa shape index (κ1) is 13.7. The first-order chi connectivity index (χ1) is 10.7. The summed E-state index contributed by atoms with van der Waals surface area (Å²) in [6.45, 7) is 0.347. The van der Waals surface area contributed by atoms with Crippen molar-refractivity contribution in [2.45, 2.75) is 6.54 Å². The molecule has 0 saturated carbocycles. The number of carbonyl (C=O) groups is 1. The number of para-hydroxylation sites is 1. The molecule has 0 radical (unpaired) electrons. The first-order valence-corrected chi connectivity index (χ1v) is 6.61. The van der Waals surface area contributed by atoms with Gasteiger partial charge in [-0.1, -0.05) is 18.2 Å². The summed E-state index contributed by atoms with van der Waals surface area (Å²) < 4.78 is 1.53. The molecule has 110 valence electrons. The smallest absolute Gasteiger partial charge is 0.341 e. The summed E-state index contributed by atoms with van der Waals surface area (Å²) >= 11 is 0. The van der Waals surface area contributed by atoms with Crippen LogP contribution in [-0.4, -0.2) is 30.8 Å². The van der Waals surface area contributed by atoms with E-state index in [4.69, 9.17) is 0 Å². The molecule has 0 aliphatic rings. The van der Waals surface area contributed by atoms with E-state index in [1.165, 1.54) is 10.9 Å². The van der Waals surface area contributed by atoms with Crippen molar-refractivity contribution < 1.29 is 9.90 Å². The minimum absolute atomic E-state index is 0.104. The molecule has 0 fully saturated rings. The molecule has 7 heteroatoms. The number of carboxylic acids is 1. The van der Waals surface area contributed by atoms with Gasteiger partial charge in [-0.3, -0.25) is 9.97 Å². The van der Waals surface area contributed by atoms with Gasteiger partial charge in [-0.15, -0.1) is 5.10 Å². The second-order valence-electron chi connectivity index (χ2n) is 4.53. The zero-order valence-corrected chi connectivity index (χ0v) is 11.5. The second-order valence-corrected chi connectivity index (χ2v) is 4.53. The van der Waals surface area contributed by atoms with E-state index >= 15 is 0 Å². The number of benzene rings is 1. The minimum Gasteiger partial charge on any atom is -0.477 e. The molecule has 0 saturated heterocycles. The van der Waals surface area contributed by atoms with Crippen molar-refractivity contribution in [2.24, 2.45) is 0 Å². The van der Waals surface area contributed by atoms with Crippen molar-refractivity contribution in [3.05, 3.63) is 66.4 Å². The fourth-order valence-electron chi connectivity index (χ4n) is 1.97. The van der Waals surface area contributed by atoms with Gasteiger partial charge in [0.1, 0.15) is 5.56 Å². The number of aromatic nitrogens is 4. The van der Waals surface area contributed by atoms with Crippen LogP contribution in [0.25, 0.3) is 5.69 Å². The Morgan fingerprint density at radius 1 is 1.23 bits per heavy atom. The summed E-state index contributed by atoms with van der Waals surface area (Å²) in [6, 6.07) is 9.32. The van der Waals surface area contributed by atoms with Gasteiger partial charge in [-0.05, 0) is 12.1 Å². The third kappa shape index (κ3) is 2.93. The molecule has 0 aliphatic heterocycles. The van der Waals surface area contributed by atoms with Crippen LogP contribution in [0.3, 0.4) is 0 Å². The molecule has 0 unspecified atom stereocenters. The van der Waals surface area contributed by atoms with Crippen molar-refractivity contribution in [1.82, 2.24) is 19.7 Å². The van der Waals surface area contributed by atoms with Crippen molar-refractivity contribution >= 4 is 11.8 Å². The molecule has 2 aromatic heterocycles. The molecule has 22 heavy (non-hydrogen) atoms. The lowest BCUT2D eigenvalue weighted by Gasteiger charge is -2.03. The zero-order chi connectivity index (χ0) is 15.4. The Bertz CT molecular complexity index is 771. The lowest BCUT2D eigenvalue weighted by atomic mass is 10.3. The molecule has 0 bridgehead atoms. The maximum Gasteiger partial charge on any atom is 0.341 e. The predicted octanol–water partition coefficient (Wildman–Crippen LogP) is 1.97. The molecular weight excluding hydrogens is 282 g/mol. The molecular formula is C15H13N5O2. The quantitative estimate of drug-likeness (QED) is 0.747. The SMILES string of the molecule is O=C(O)c1cn(-c2ccccc2)nc1NCc1cnccn1. The van der Waals surface area contributed by atoms with Crippen LogP contribution in [0.15, 0.2) is 55.1 Å². The van der Waals surface area contributed by atoms with Gasteiger partial charge in [0.2, 0.25) is 0 Å². The maximum absolute atomic E-state index is 11.4. The Hall–Kier alpha value is -3.22. The monoisotopic (exact) mass is 295 g/mol. The van der Waals surface area contributed by atoms with Gasteiger partial charge in [-0.2, -0.15) is 0 Å². The summed E-state index contributed by atoms with van der Waals surface area (Å²) in [5.41, 5.74) is 1.60. The van der Waals surface area contributed by atoms with Crippen LogP contribution < -0.4 is 5.32 Å². The summed E-state index contributed by atoms with van der Waals surface area (Å²) in [6.07, 6.45) is 6.26. The molecule has 3 rings (SSSR count). The number of rotatable bonds is 5. The molecule has 0 spiro atoms. The van der Waals surface area contributed by atoms with E-state index in [9.17, 15) is 9.90 Å². The Kier molecular flexibility index (Phi) is 3.78. The Balaban J connectivity index is 1.86. The first-order valence-electron chi connectivity index (χ1n) is 6.61. The fraction of sp³-hybridized carbons (Fsp3) is 0.0667. The predicted molar refractivity (Wildman–Crippen MR) is 79.9 cm³/mol. The van der Waals surface area contributed by atoms with E-state index in [1.54, 1.807) is 18.6 Å². The maximum atomic E-state index is 11.4. The van der Waals surface area contributed by atoms with Gasteiger partial charge in [0.05, 0.1) is 24.1 Å². The van der Waals surface area contributed by atoms with Crippen LogP contribution in [0.4, 0.5) is 5.82 Å². The normalized spacial score (nSPS) is 10.4. The largest absolute Gasteiger partial charge is 0.477 e. The topological polar surface area (TPSA) is 92.9 Å². The molecule has 3 aromatic rings. The number of carboxylic acid groups (broad SMARTS) is 1. The summed E-state index contributed by atoms with van der Waals surface area (Å²) in [5.74, 6) is -0.745. The molecule has 0 aliphatic carbocycles. The molecule has 2 heterocycles. The molecule has 7 nitrogen and oxygen atoms in total. The van der Waals surface area contributed by atoms with E-state index in [-0.39, 0.29) is 5.56 Å². The Morgan fingerprint density at radius 2 is 2.05 bits per heavy atom. The second kappa shape index (κ2) is 6.04. The number of hydrogen-bond acceptors (Lipinski definition) is 5. The molecule has 1 aromatic carbocycles. The average Bonchev–Trinajstić information content (AvgIpc) is 2.99. The highest BCUT2D eigenvalue weighted by Crippen LogP contribution is 2.17. The Morgan fingerprint density at radius 3 is 2.73 bits per heavy atom. The zero-order valence-electron chi connectivity index (χ0n) is 11.5. The summed E-state index contributed by atoms with van der Waals surface area (Å²) in [5, 5.41) is 16.6. The number of anilines is 1. The standard InChI is InChI=1S/C15H13N5O2/c21-15(22)13-10-20(12-4-2-1-3-5-12)19-14(13)18-9-11-8-16-6-7-17-11/h1-8,10H,9H2,(H,18,19)(H,21,22). The number of aromatic carboxylic acids is 1. The number of hydrogen-bond donors (Lipinski definition) is 2. The van der Waals surface area contributed by atoms with E-state index < -0.39 is 5.97 Å². The van der Waals surface area contributed by atoms with Crippen LogP contribution in [0.5, 0.6) is 0 Å². The fourth-order valence-corrected chi connectivity index (χ4v) is 1.97. The van der Waals surface area contributed by atoms with E-state index in [0.717, 1.165) is 5.69 Å². The van der Waals surface area contributed by atoms with Gasteiger partial charge < -0.3 is 10.4 Å². The third-order valence-electron chi connectivity index (χ3n) is 3.02. The van der Waals surface area contributed by atoms with Gasteiger partial charge in [-0.25, -0.2) is 9.48 Å². The number of nitrogens with zero attached hydrogens (tertiary/aromatic N) is 4. The van der Waals surface area contributed by atoms with Crippen LogP contribution in [0, 0.1) is 0 Å². The lowest BCUT2D eigenvalue weighted by Crippen LogP contribution is -2.06. The van der Waals surface area contributed by atoms with Crippen molar-refractivity contribution in [1.29, 1.82) is 0 Å². The minimum atomic E-state index is -1.04. The molecule has 2 N–H and O–H groups in total. The Labute approximate surface area is 126 Å². The highest BCUT2D eigenvalue weighted by molar-refractivity contribution is 5.93. The van der Waals surface area contributed by atoms with Crippen LogP contribution in [-0.2, 0) is 6.54 Å². The van der Waals surface area contributed by atoms with Gasteiger partial charge >= 0.3 is 5.97 Å². The van der Waals surface area contributed by atoms with E-state index in [2.05, 4.69) is 20.4 Å². The van der Waals surface area contributed by atoms with E-state index in [1.807, 2.05) is 30.3 Å². The highest BCUT2D eigenvalue weighted by atomic mass is 16.4. The molecule has 0 amide bonds. The van der Waals surface area contributed by atoms with Crippen LogP contribution in [0.2, 0.25) is 0 Å². The van der Waals surface area contributed by atoms with Gasteiger partial charge in [0.15, 0.2) is 5.82 Å². The average molecular weight is 295 g/mol. The van der Waals surface area contributed by atoms with Crippen LogP contribution in [0.1, 0.15) is 16.1 Å². The number of nitrogens with one attached hydrogen (secondary N) is 1.